The highest BCUT2D eigenvalue weighted by Gasteiger charge is 2.30. The summed E-state index contributed by atoms with van der Waals surface area (Å²) in [6, 6.07) is 0. The van der Waals surface area contributed by atoms with Crippen LogP contribution in [0.1, 0.15) is 337 Å². The van der Waals surface area contributed by atoms with E-state index in [1.54, 1.807) is 0 Å². The Morgan fingerprint density at radius 3 is 0.791 bits per heavy atom. The van der Waals surface area contributed by atoms with Gasteiger partial charge in [0.2, 0.25) is 0 Å². The van der Waals surface area contributed by atoms with Crippen LogP contribution >= 0.6 is 15.6 Å². The average Bonchev–Trinajstić information content (AvgIpc) is 3.69. The summed E-state index contributed by atoms with van der Waals surface area (Å²) in [5.41, 5.74) is 0. The van der Waals surface area contributed by atoms with Crippen molar-refractivity contribution in [2.45, 2.75) is 355 Å². The van der Waals surface area contributed by atoms with Crippen molar-refractivity contribution in [2.75, 3.05) is 39.6 Å². The fourth-order valence-corrected chi connectivity index (χ4v) is 11.6. The second kappa shape index (κ2) is 59.4. The van der Waals surface area contributed by atoms with Gasteiger partial charge >= 0.3 is 39.5 Å². The van der Waals surface area contributed by atoms with Gasteiger partial charge in [-0.15, -0.1) is 0 Å². The fraction of sp³-hybridized carbons (Fsp3) is 0.940. The van der Waals surface area contributed by atoms with Crippen LogP contribution in [0.2, 0.25) is 0 Å². The van der Waals surface area contributed by atoms with Gasteiger partial charge < -0.3 is 33.8 Å². The molecule has 510 valence electrons. The lowest BCUT2D eigenvalue weighted by Gasteiger charge is -2.21. The van der Waals surface area contributed by atoms with Crippen LogP contribution in [0.4, 0.5) is 0 Å². The molecule has 5 atom stereocenters. The molecular weight excluding hydrogens is 1140 g/mol. The maximum Gasteiger partial charge on any atom is 0.472 e. The number of carbonyl (C=O) groups excluding carboxylic acids is 4. The monoisotopic (exact) mass is 1270 g/mol. The van der Waals surface area contributed by atoms with E-state index < -0.39 is 97.5 Å². The molecule has 0 aliphatic heterocycles. The summed E-state index contributed by atoms with van der Waals surface area (Å²) in [5, 5.41) is 10.5. The highest BCUT2D eigenvalue weighted by atomic mass is 31.2. The van der Waals surface area contributed by atoms with Crippen LogP contribution in [0.15, 0.2) is 0 Å². The smallest absolute Gasteiger partial charge is 0.462 e. The number of hydrogen-bond donors (Lipinski definition) is 3. The van der Waals surface area contributed by atoms with Crippen LogP contribution in [0.5, 0.6) is 0 Å². The standard InChI is InChI=1S/C67H130O17P2/c1-7-9-11-13-14-32-39-45-51-66(71)83-62(55-77-64(69)49-43-35-12-10-8-2)57-81-85(73,74)79-53-61(68)54-80-86(75,76)82-58-63(56-78-65(70)50-44-38-33-28-24-21-17-19-23-27-31-37-42-48-60(5)6)84-67(72)52-46-40-34-29-25-20-16-15-18-22-26-30-36-41-47-59(3)4/h59-63,68H,7-58H2,1-6H3,(H,73,74)(H,75,76)/t61-,62+,63+/m0/s1. The Kier molecular flexibility index (Phi) is 58.0. The van der Waals surface area contributed by atoms with Gasteiger partial charge in [-0.3, -0.25) is 37.3 Å². The number of carbonyl (C=O) groups is 4. The number of rotatable bonds is 66. The normalized spacial score (nSPS) is 14.2. The Morgan fingerprint density at radius 2 is 0.535 bits per heavy atom. The summed E-state index contributed by atoms with van der Waals surface area (Å²) >= 11 is 0. The topological polar surface area (TPSA) is 237 Å². The number of esters is 4. The molecule has 0 radical (unpaired) electrons. The molecular formula is C67H130O17P2. The minimum atomic E-state index is -4.95. The van der Waals surface area contributed by atoms with Crippen molar-refractivity contribution in [3.05, 3.63) is 0 Å². The van der Waals surface area contributed by atoms with Gasteiger partial charge in [0.05, 0.1) is 26.4 Å². The van der Waals surface area contributed by atoms with Crippen molar-refractivity contribution < 1.29 is 80.2 Å². The first-order valence-corrected chi connectivity index (χ1v) is 38.0. The summed E-state index contributed by atoms with van der Waals surface area (Å²) < 4.78 is 67.9. The van der Waals surface area contributed by atoms with E-state index in [9.17, 15) is 43.2 Å². The minimum Gasteiger partial charge on any atom is -0.462 e. The van der Waals surface area contributed by atoms with Gasteiger partial charge in [-0.2, -0.15) is 0 Å². The van der Waals surface area contributed by atoms with E-state index >= 15 is 0 Å². The number of phosphoric ester groups is 2. The van der Waals surface area contributed by atoms with Gasteiger partial charge in [0.15, 0.2) is 12.2 Å². The highest BCUT2D eigenvalue weighted by molar-refractivity contribution is 7.47. The quantitative estimate of drug-likeness (QED) is 0.0222. The van der Waals surface area contributed by atoms with Crippen molar-refractivity contribution in [1.29, 1.82) is 0 Å². The molecule has 3 N–H and O–H groups in total. The van der Waals surface area contributed by atoms with Crippen molar-refractivity contribution >= 4 is 39.5 Å². The van der Waals surface area contributed by atoms with Crippen LogP contribution in [0.3, 0.4) is 0 Å². The molecule has 19 heteroatoms. The van der Waals surface area contributed by atoms with E-state index in [4.69, 9.17) is 37.0 Å². The van der Waals surface area contributed by atoms with Gasteiger partial charge in [0.25, 0.3) is 0 Å². The lowest BCUT2D eigenvalue weighted by molar-refractivity contribution is -0.161. The Labute approximate surface area is 524 Å². The molecule has 0 spiro atoms. The maximum absolute atomic E-state index is 13.0. The second-order valence-corrected chi connectivity index (χ2v) is 28.1. The van der Waals surface area contributed by atoms with Crippen LogP contribution in [-0.2, 0) is 65.4 Å². The molecule has 0 aliphatic rings. The summed E-state index contributed by atoms with van der Waals surface area (Å²) in [7, 11) is -9.88. The molecule has 17 nitrogen and oxygen atoms in total. The molecule has 0 aliphatic carbocycles. The number of aliphatic hydroxyl groups excluding tert-OH is 1. The molecule has 0 heterocycles. The van der Waals surface area contributed by atoms with Crippen molar-refractivity contribution in [3.8, 4) is 0 Å². The fourth-order valence-electron chi connectivity index (χ4n) is 10.1. The van der Waals surface area contributed by atoms with Crippen molar-refractivity contribution in [3.63, 3.8) is 0 Å². The van der Waals surface area contributed by atoms with Crippen molar-refractivity contribution in [2.24, 2.45) is 11.8 Å². The molecule has 0 aromatic rings. The van der Waals surface area contributed by atoms with Crippen LogP contribution in [-0.4, -0.2) is 96.7 Å². The lowest BCUT2D eigenvalue weighted by Crippen LogP contribution is -2.30. The minimum absolute atomic E-state index is 0.104. The summed E-state index contributed by atoms with van der Waals surface area (Å²) in [4.78, 5) is 72.0. The number of unbranched alkanes of at least 4 members (excludes halogenated alkanes) is 36. The van der Waals surface area contributed by atoms with Crippen LogP contribution in [0, 0.1) is 11.8 Å². The molecule has 0 aromatic carbocycles. The molecule has 0 bridgehead atoms. The second-order valence-electron chi connectivity index (χ2n) is 25.2. The number of hydrogen-bond acceptors (Lipinski definition) is 15. The first kappa shape index (κ1) is 84.1. The lowest BCUT2D eigenvalue weighted by atomic mass is 10.0. The molecule has 0 aromatic heterocycles. The first-order valence-electron chi connectivity index (χ1n) is 35.0. The largest absolute Gasteiger partial charge is 0.472 e. The maximum atomic E-state index is 13.0. The Bertz CT molecular complexity index is 1680. The number of ether oxygens (including phenoxy) is 4. The molecule has 0 rings (SSSR count). The number of aliphatic hydroxyl groups is 1. The van der Waals surface area contributed by atoms with Gasteiger partial charge in [-0.25, -0.2) is 9.13 Å². The van der Waals surface area contributed by atoms with E-state index in [1.807, 2.05) is 0 Å². The third kappa shape index (κ3) is 60.9. The Balaban J connectivity index is 5.14. The molecule has 0 fully saturated rings. The summed E-state index contributed by atoms with van der Waals surface area (Å²) in [6.45, 7) is 9.45. The summed E-state index contributed by atoms with van der Waals surface area (Å²) in [6.07, 6.45) is 43.5. The van der Waals surface area contributed by atoms with Crippen molar-refractivity contribution in [1.82, 2.24) is 0 Å². The van der Waals surface area contributed by atoms with Gasteiger partial charge in [0.1, 0.15) is 19.3 Å². The van der Waals surface area contributed by atoms with Gasteiger partial charge in [-0.05, 0) is 37.5 Å². The molecule has 0 saturated carbocycles. The molecule has 2 unspecified atom stereocenters. The Hall–Kier alpha value is -1.94. The predicted molar refractivity (Wildman–Crippen MR) is 345 cm³/mol. The van der Waals surface area contributed by atoms with Crippen LogP contribution in [0.25, 0.3) is 0 Å². The van der Waals surface area contributed by atoms with E-state index in [0.717, 1.165) is 115 Å². The van der Waals surface area contributed by atoms with Gasteiger partial charge in [-0.1, -0.05) is 286 Å². The first-order chi connectivity index (χ1) is 41.4. The van der Waals surface area contributed by atoms with E-state index in [2.05, 4.69) is 41.5 Å². The van der Waals surface area contributed by atoms with E-state index in [1.165, 1.54) is 141 Å². The molecule has 0 saturated heterocycles. The third-order valence-electron chi connectivity index (χ3n) is 15.5. The van der Waals surface area contributed by atoms with Crippen LogP contribution < -0.4 is 0 Å². The zero-order chi connectivity index (χ0) is 63.6. The van der Waals surface area contributed by atoms with E-state index in [0.29, 0.717) is 25.7 Å². The van der Waals surface area contributed by atoms with Gasteiger partial charge in [0, 0.05) is 25.7 Å². The Morgan fingerprint density at radius 1 is 0.314 bits per heavy atom. The molecule has 0 amide bonds. The molecule has 86 heavy (non-hydrogen) atoms. The SMILES string of the molecule is CCCCCCCCCCC(=O)O[C@H](COC(=O)CCCCCCC)COP(=O)(O)OC[C@H](O)COP(=O)(O)OC[C@@H](COC(=O)CCCCCCCCCCCCCCCC(C)C)OC(=O)CCCCCCCCCCCCCCCCC(C)C. The third-order valence-corrected chi connectivity index (χ3v) is 17.4. The summed E-state index contributed by atoms with van der Waals surface area (Å²) in [5.74, 6) is -0.556. The van der Waals surface area contributed by atoms with E-state index in [-0.39, 0.29) is 25.7 Å². The predicted octanol–water partition coefficient (Wildman–Crippen LogP) is 18.8. The zero-order valence-corrected chi connectivity index (χ0v) is 57.4. The highest BCUT2D eigenvalue weighted by Crippen LogP contribution is 2.45. The average molecular weight is 1270 g/mol. The number of phosphoric acid groups is 2. The zero-order valence-electron chi connectivity index (χ0n) is 55.6.